The smallest absolute Gasteiger partial charge is 0.241 e. The summed E-state index contributed by atoms with van der Waals surface area (Å²) >= 11 is 0. The molecule has 0 spiro atoms. The standard InChI is InChI=1S/C36H42N8O6S2/c45-35(12-16-37-18-20-43-51(47,48)33-8-2-6-29-25-39-14-10-31(29)33)41-23-27-4-1-5-28(22-27)24-42-36(46)13-17-38-19-21-44-52(49,50)34-9-3-7-30-26-40-15-11-32(30)34/h1-11,14-15,22,25-26,37-38,43-44H,12-13,16-21,23-24H2,(H,41,45)(H,42,46). The van der Waals surface area contributed by atoms with Gasteiger partial charge in [-0.2, -0.15) is 0 Å². The van der Waals surface area contributed by atoms with Crippen LogP contribution in [0, 0.1) is 0 Å². The number of aromatic nitrogens is 2. The lowest BCUT2D eigenvalue weighted by molar-refractivity contribution is -0.121. The van der Waals surface area contributed by atoms with E-state index in [-0.39, 0.29) is 47.5 Å². The molecule has 2 amide bonds. The Kier molecular flexibility index (Phi) is 13.7. The van der Waals surface area contributed by atoms with Crippen LogP contribution in [-0.2, 0) is 42.7 Å². The summed E-state index contributed by atoms with van der Waals surface area (Å²) in [6.45, 7) is 2.46. The fraction of sp³-hybridized carbons (Fsp3) is 0.278. The van der Waals surface area contributed by atoms with Gasteiger partial charge in [-0.3, -0.25) is 19.6 Å². The van der Waals surface area contributed by atoms with Crippen LogP contribution in [-0.4, -0.2) is 77.9 Å². The average molecular weight is 747 g/mol. The van der Waals surface area contributed by atoms with Crippen LogP contribution >= 0.6 is 0 Å². The summed E-state index contributed by atoms with van der Waals surface area (Å²) in [6, 6.07) is 21.0. The van der Waals surface area contributed by atoms with Crippen LogP contribution in [0.25, 0.3) is 21.5 Å². The summed E-state index contributed by atoms with van der Waals surface area (Å²) in [5, 5.41) is 14.6. The van der Waals surface area contributed by atoms with Crippen LogP contribution in [0.3, 0.4) is 0 Å². The Morgan fingerprint density at radius 2 is 0.981 bits per heavy atom. The van der Waals surface area contributed by atoms with E-state index in [1.165, 1.54) is 0 Å². The summed E-state index contributed by atoms with van der Waals surface area (Å²) < 4.78 is 56.4. The number of hydrogen-bond acceptors (Lipinski definition) is 10. The van der Waals surface area contributed by atoms with Crippen molar-refractivity contribution in [3.05, 3.63) is 109 Å². The van der Waals surface area contributed by atoms with E-state index in [0.717, 1.165) is 21.9 Å². The van der Waals surface area contributed by atoms with Crippen molar-refractivity contribution in [1.82, 2.24) is 40.7 Å². The van der Waals surface area contributed by atoms with Crippen LogP contribution in [0.15, 0.2) is 107 Å². The van der Waals surface area contributed by atoms with Gasteiger partial charge in [-0.1, -0.05) is 48.5 Å². The fourth-order valence-electron chi connectivity index (χ4n) is 5.44. The van der Waals surface area contributed by atoms with Crippen LogP contribution in [0.4, 0.5) is 0 Å². The first-order chi connectivity index (χ1) is 25.1. The molecular weight excluding hydrogens is 705 g/mol. The molecule has 0 aliphatic carbocycles. The molecule has 0 saturated heterocycles. The SMILES string of the molecule is O=C(CCNCCNS(=O)(=O)c1cccc2cnccc12)NCc1cccc(CNC(=O)CCNCCNS(=O)(=O)c2cccc3cnccc23)c1. The normalized spacial score (nSPS) is 11.8. The molecule has 0 unspecified atom stereocenters. The van der Waals surface area contributed by atoms with Crippen LogP contribution in [0.1, 0.15) is 24.0 Å². The molecule has 0 radical (unpaired) electrons. The lowest BCUT2D eigenvalue weighted by atomic mass is 10.1. The Labute approximate surface area is 303 Å². The van der Waals surface area contributed by atoms with Gasteiger partial charge in [0.1, 0.15) is 0 Å². The molecule has 14 nitrogen and oxygen atoms in total. The van der Waals surface area contributed by atoms with E-state index in [1.54, 1.807) is 61.2 Å². The molecule has 16 heteroatoms. The number of sulfonamides is 2. The maximum Gasteiger partial charge on any atom is 0.241 e. The van der Waals surface area contributed by atoms with Crippen LogP contribution in [0.2, 0.25) is 0 Å². The molecule has 6 N–H and O–H groups in total. The second-order valence-corrected chi connectivity index (χ2v) is 15.3. The molecule has 0 atom stereocenters. The number of pyridine rings is 2. The van der Waals surface area contributed by atoms with Gasteiger partial charge in [-0.25, -0.2) is 26.3 Å². The lowest BCUT2D eigenvalue weighted by Crippen LogP contribution is -2.34. The minimum absolute atomic E-state index is 0.150. The second kappa shape index (κ2) is 18.6. The molecule has 2 aromatic heterocycles. The first-order valence-corrected chi connectivity index (χ1v) is 19.8. The van der Waals surface area contributed by atoms with Gasteiger partial charge in [-0.15, -0.1) is 0 Å². The Bertz CT molecular complexity index is 2050. The van der Waals surface area contributed by atoms with Gasteiger partial charge in [0.2, 0.25) is 31.9 Å². The zero-order valence-electron chi connectivity index (χ0n) is 28.5. The summed E-state index contributed by atoms with van der Waals surface area (Å²) in [5.74, 6) is -0.301. The topological polar surface area (TPSA) is 200 Å². The van der Waals surface area contributed by atoms with Crippen molar-refractivity contribution in [1.29, 1.82) is 0 Å². The van der Waals surface area contributed by atoms with Gasteiger partial charge < -0.3 is 21.3 Å². The Morgan fingerprint density at radius 1 is 0.538 bits per heavy atom. The first-order valence-electron chi connectivity index (χ1n) is 16.8. The molecule has 5 aromatic rings. The number of nitrogens with one attached hydrogen (secondary N) is 6. The van der Waals surface area contributed by atoms with E-state index >= 15 is 0 Å². The summed E-state index contributed by atoms with van der Waals surface area (Å²) in [4.78, 5) is 33.2. The molecule has 3 aromatic carbocycles. The molecule has 5 rings (SSSR count). The van der Waals surface area contributed by atoms with Crippen LogP contribution < -0.4 is 30.7 Å². The van der Waals surface area contributed by atoms with Crippen molar-refractivity contribution < 1.29 is 26.4 Å². The number of hydrogen-bond donors (Lipinski definition) is 6. The van der Waals surface area contributed by atoms with Crippen molar-refractivity contribution in [2.24, 2.45) is 0 Å². The molecule has 2 heterocycles. The number of carbonyl (C=O) groups excluding carboxylic acids is 2. The average Bonchev–Trinajstić information content (AvgIpc) is 3.15. The maximum absolute atomic E-state index is 12.8. The third-order valence-corrected chi connectivity index (χ3v) is 11.1. The van der Waals surface area contributed by atoms with Crippen molar-refractivity contribution >= 4 is 53.4 Å². The van der Waals surface area contributed by atoms with E-state index in [1.807, 2.05) is 36.4 Å². The number of benzene rings is 3. The summed E-state index contributed by atoms with van der Waals surface area (Å²) in [6.07, 6.45) is 6.80. The highest BCUT2D eigenvalue weighted by Gasteiger charge is 2.18. The van der Waals surface area contributed by atoms with Crippen molar-refractivity contribution in [2.75, 3.05) is 39.3 Å². The fourth-order valence-corrected chi connectivity index (χ4v) is 7.96. The van der Waals surface area contributed by atoms with Gasteiger partial charge in [0.05, 0.1) is 9.79 Å². The van der Waals surface area contributed by atoms with Gasteiger partial charge in [-0.05, 0) is 35.4 Å². The van der Waals surface area contributed by atoms with E-state index in [9.17, 15) is 26.4 Å². The molecule has 274 valence electrons. The third-order valence-electron chi connectivity index (χ3n) is 8.08. The highest BCUT2D eigenvalue weighted by molar-refractivity contribution is 7.90. The highest BCUT2D eigenvalue weighted by Crippen LogP contribution is 2.22. The monoisotopic (exact) mass is 746 g/mol. The molecule has 0 bridgehead atoms. The largest absolute Gasteiger partial charge is 0.352 e. The molecule has 52 heavy (non-hydrogen) atoms. The predicted octanol–water partition coefficient (Wildman–Crippen LogP) is 1.93. The van der Waals surface area contributed by atoms with Gasteiger partial charge in [0.15, 0.2) is 0 Å². The number of carbonyl (C=O) groups is 2. The van der Waals surface area contributed by atoms with E-state index < -0.39 is 20.0 Å². The molecular formula is C36H42N8O6S2. The van der Waals surface area contributed by atoms with Crippen molar-refractivity contribution in [3.8, 4) is 0 Å². The predicted molar refractivity (Wildman–Crippen MR) is 199 cm³/mol. The van der Waals surface area contributed by atoms with Crippen molar-refractivity contribution in [3.63, 3.8) is 0 Å². The molecule has 0 aliphatic rings. The Hall–Kier alpha value is -4.84. The summed E-state index contributed by atoms with van der Waals surface area (Å²) in [7, 11) is -7.42. The number of amides is 2. The first kappa shape index (κ1) is 38.4. The quantitative estimate of drug-likeness (QED) is 0.0640. The molecule has 0 aliphatic heterocycles. The zero-order chi connectivity index (χ0) is 36.8. The van der Waals surface area contributed by atoms with E-state index in [0.29, 0.717) is 50.0 Å². The lowest BCUT2D eigenvalue weighted by Gasteiger charge is -2.11. The van der Waals surface area contributed by atoms with E-state index in [2.05, 4.69) is 40.7 Å². The third kappa shape index (κ3) is 11.1. The number of rotatable bonds is 20. The Balaban J connectivity index is 0.918. The summed E-state index contributed by atoms with van der Waals surface area (Å²) in [5.41, 5.74) is 1.77. The van der Waals surface area contributed by atoms with Crippen molar-refractivity contribution in [2.45, 2.75) is 35.7 Å². The molecule has 0 fully saturated rings. The molecule has 0 saturated carbocycles. The highest BCUT2D eigenvalue weighted by atomic mass is 32.2. The minimum atomic E-state index is -3.71. The van der Waals surface area contributed by atoms with Gasteiger partial charge >= 0.3 is 0 Å². The van der Waals surface area contributed by atoms with Crippen LogP contribution in [0.5, 0.6) is 0 Å². The minimum Gasteiger partial charge on any atom is -0.352 e. The Morgan fingerprint density at radius 3 is 1.44 bits per heavy atom. The zero-order valence-corrected chi connectivity index (χ0v) is 30.1. The van der Waals surface area contributed by atoms with Gasteiger partial charge in [0.25, 0.3) is 0 Å². The van der Waals surface area contributed by atoms with Gasteiger partial charge in [0, 0.05) is 112 Å². The maximum atomic E-state index is 12.8. The second-order valence-electron chi connectivity index (χ2n) is 11.9. The number of nitrogens with zero attached hydrogens (tertiary/aromatic N) is 2. The number of fused-ring (bicyclic) bond motifs is 2. The van der Waals surface area contributed by atoms with E-state index in [4.69, 9.17) is 0 Å².